The SMILES string of the molecule is CC/C=C/C=C/C=C/CCCCCCCCC(O)C(=O)NC(COC1OC(CO)C(O)C(O)C1OC(=O)CCCCCCCCCCCCCCCCC)C(O)/C=C/CCCCCCCCCCC. The first-order valence-corrected chi connectivity index (χ1v) is 28.4. The molecule has 11 nitrogen and oxygen atoms in total. The summed E-state index contributed by atoms with van der Waals surface area (Å²) in [5, 5.41) is 56.7. The first-order valence-electron chi connectivity index (χ1n) is 28.4. The van der Waals surface area contributed by atoms with Crippen LogP contribution in [0.2, 0.25) is 0 Å². The van der Waals surface area contributed by atoms with Gasteiger partial charge in [-0.3, -0.25) is 9.59 Å². The highest BCUT2D eigenvalue weighted by atomic mass is 16.7. The molecule has 1 aliphatic heterocycles. The molecule has 69 heavy (non-hydrogen) atoms. The summed E-state index contributed by atoms with van der Waals surface area (Å²) >= 11 is 0. The lowest BCUT2D eigenvalue weighted by Crippen LogP contribution is -2.61. The smallest absolute Gasteiger partial charge is 0.306 e. The van der Waals surface area contributed by atoms with Gasteiger partial charge in [0.05, 0.1) is 25.4 Å². The van der Waals surface area contributed by atoms with Crippen molar-refractivity contribution in [3.8, 4) is 0 Å². The van der Waals surface area contributed by atoms with Crippen molar-refractivity contribution in [2.75, 3.05) is 13.2 Å². The number of hydrogen-bond donors (Lipinski definition) is 6. The zero-order valence-electron chi connectivity index (χ0n) is 44.2. The number of ether oxygens (including phenoxy) is 3. The van der Waals surface area contributed by atoms with E-state index >= 15 is 0 Å². The number of allylic oxidation sites excluding steroid dienone is 7. The summed E-state index contributed by atoms with van der Waals surface area (Å²) in [4.78, 5) is 26.4. The predicted molar refractivity (Wildman–Crippen MR) is 283 cm³/mol. The largest absolute Gasteiger partial charge is 0.454 e. The van der Waals surface area contributed by atoms with E-state index in [1.807, 2.05) is 18.2 Å². The van der Waals surface area contributed by atoms with Crippen LogP contribution in [0.25, 0.3) is 0 Å². The summed E-state index contributed by atoms with van der Waals surface area (Å²) in [5.74, 6) is -1.20. The van der Waals surface area contributed by atoms with E-state index in [1.165, 1.54) is 116 Å². The minimum atomic E-state index is -1.61. The van der Waals surface area contributed by atoms with E-state index < -0.39 is 67.4 Å². The second kappa shape index (κ2) is 46.7. The lowest BCUT2D eigenvalue weighted by Gasteiger charge is -2.41. The molecule has 11 heteroatoms. The number of esters is 1. The van der Waals surface area contributed by atoms with E-state index in [2.05, 4.69) is 50.4 Å². The van der Waals surface area contributed by atoms with Crippen LogP contribution in [-0.4, -0.2) is 99.6 Å². The maximum atomic E-state index is 13.3. The van der Waals surface area contributed by atoms with Gasteiger partial charge in [-0.2, -0.15) is 0 Å². The Morgan fingerprint density at radius 2 is 1.04 bits per heavy atom. The molecule has 8 unspecified atom stereocenters. The zero-order chi connectivity index (χ0) is 50.4. The number of unbranched alkanes of at least 4 members (excludes halogenated alkanes) is 29. The van der Waals surface area contributed by atoms with Gasteiger partial charge in [-0.25, -0.2) is 0 Å². The highest BCUT2D eigenvalue weighted by Gasteiger charge is 2.47. The van der Waals surface area contributed by atoms with Crippen LogP contribution < -0.4 is 5.32 Å². The van der Waals surface area contributed by atoms with Crippen molar-refractivity contribution in [2.45, 2.75) is 294 Å². The normalized spacial score (nSPS) is 20.1. The molecule has 1 rings (SSSR count). The summed E-state index contributed by atoms with van der Waals surface area (Å²) in [6.45, 7) is 5.63. The minimum absolute atomic E-state index is 0.125. The summed E-state index contributed by atoms with van der Waals surface area (Å²) in [5.41, 5.74) is 0. The van der Waals surface area contributed by atoms with Gasteiger partial charge in [0.25, 0.3) is 0 Å². The molecule has 0 aromatic carbocycles. The zero-order valence-corrected chi connectivity index (χ0v) is 44.2. The number of carbonyl (C=O) groups is 2. The Kier molecular flexibility index (Phi) is 43.7. The Labute approximate surface area is 421 Å². The number of amides is 1. The molecule has 0 aromatic heterocycles. The van der Waals surface area contributed by atoms with E-state index in [9.17, 15) is 35.1 Å². The van der Waals surface area contributed by atoms with Gasteiger partial charge in [0.15, 0.2) is 12.4 Å². The van der Waals surface area contributed by atoms with Gasteiger partial charge in [0.2, 0.25) is 5.91 Å². The monoisotopic (exact) mass is 976 g/mol. The van der Waals surface area contributed by atoms with Crippen molar-refractivity contribution in [1.82, 2.24) is 5.32 Å². The molecule has 0 bridgehead atoms. The maximum absolute atomic E-state index is 13.3. The van der Waals surface area contributed by atoms with E-state index in [-0.39, 0.29) is 19.4 Å². The molecule has 0 spiro atoms. The number of hydrogen-bond acceptors (Lipinski definition) is 10. The Hall–Kier alpha value is -2.38. The Morgan fingerprint density at radius 3 is 1.55 bits per heavy atom. The summed E-state index contributed by atoms with van der Waals surface area (Å²) < 4.78 is 17.6. The fraction of sp³-hybridized carbons (Fsp3) is 0.828. The second-order valence-corrected chi connectivity index (χ2v) is 19.7. The lowest BCUT2D eigenvalue weighted by molar-refractivity contribution is -0.305. The third-order valence-electron chi connectivity index (χ3n) is 13.3. The molecule has 0 aliphatic carbocycles. The average Bonchev–Trinajstić information content (AvgIpc) is 3.34. The molecule has 402 valence electrons. The van der Waals surface area contributed by atoms with Crippen LogP contribution in [0.5, 0.6) is 0 Å². The van der Waals surface area contributed by atoms with Crippen LogP contribution in [0.3, 0.4) is 0 Å². The van der Waals surface area contributed by atoms with Gasteiger partial charge in [0, 0.05) is 6.42 Å². The number of rotatable bonds is 47. The van der Waals surface area contributed by atoms with E-state index in [0.29, 0.717) is 12.8 Å². The molecule has 6 N–H and O–H groups in total. The summed E-state index contributed by atoms with van der Waals surface area (Å²) in [6.07, 6.45) is 44.4. The van der Waals surface area contributed by atoms with Crippen LogP contribution in [-0.2, 0) is 23.8 Å². The first kappa shape index (κ1) is 64.6. The lowest BCUT2D eigenvalue weighted by atomic mass is 9.99. The highest BCUT2D eigenvalue weighted by Crippen LogP contribution is 2.26. The molecule has 1 saturated heterocycles. The second-order valence-electron chi connectivity index (χ2n) is 19.7. The summed E-state index contributed by atoms with van der Waals surface area (Å²) in [7, 11) is 0. The molecule has 1 heterocycles. The Bertz CT molecular complexity index is 1300. The van der Waals surface area contributed by atoms with Crippen LogP contribution in [0.1, 0.15) is 245 Å². The Balaban J connectivity index is 2.73. The average molecular weight is 976 g/mol. The molecule has 1 fully saturated rings. The number of carbonyl (C=O) groups excluding carboxylic acids is 2. The van der Waals surface area contributed by atoms with E-state index in [1.54, 1.807) is 6.08 Å². The minimum Gasteiger partial charge on any atom is -0.454 e. The van der Waals surface area contributed by atoms with Gasteiger partial charge in [-0.05, 0) is 44.9 Å². The maximum Gasteiger partial charge on any atom is 0.306 e. The number of nitrogens with one attached hydrogen (secondary N) is 1. The quantitative estimate of drug-likeness (QED) is 0.0149. The fourth-order valence-electron chi connectivity index (χ4n) is 8.77. The third kappa shape index (κ3) is 35.4. The fourth-order valence-corrected chi connectivity index (χ4v) is 8.77. The highest BCUT2D eigenvalue weighted by molar-refractivity contribution is 5.80. The van der Waals surface area contributed by atoms with Gasteiger partial charge < -0.3 is 45.1 Å². The van der Waals surface area contributed by atoms with E-state index in [0.717, 1.165) is 83.5 Å². The molecule has 0 radical (unpaired) electrons. The van der Waals surface area contributed by atoms with Crippen LogP contribution in [0.15, 0.2) is 48.6 Å². The standard InChI is InChI=1S/C58H105NO10/c1-4-7-10-13-16-19-22-24-26-28-31-34-37-40-43-46-53(63)69-56-55(65)54(64)52(47-60)68-58(56)67-48-49(50(61)44-41-38-35-32-29-21-18-15-12-9-6-3)59-57(66)51(62)45-42-39-36-33-30-27-25-23-20-17-14-11-8-5-2/h8,11,14,17,20,23,41,44,49-52,54-56,58,60-62,64-65H,4-7,9-10,12-13,15-16,18-19,21-22,24-40,42-43,45-48H2,1-3H3,(H,59,66)/b11-8+,17-14+,23-20+,44-41+. The molecule has 1 aliphatic rings. The molecule has 0 aromatic rings. The summed E-state index contributed by atoms with van der Waals surface area (Å²) in [6, 6.07) is -1.03. The molecular formula is C58H105NO10. The van der Waals surface area contributed by atoms with E-state index in [4.69, 9.17) is 14.2 Å². The predicted octanol–water partition coefficient (Wildman–Crippen LogP) is 12.5. The van der Waals surface area contributed by atoms with Crippen molar-refractivity contribution < 1.29 is 49.3 Å². The van der Waals surface area contributed by atoms with Crippen LogP contribution in [0, 0.1) is 0 Å². The molecular weight excluding hydrogens is 871 g/mol. The van der Waals surface area contributed by atoms with Gasteiger partial charge in [0.1, 0.15) is 24.4 Å². The van der Waals surface area contributed by atoms with Crippen LogP contribution in [0.4, 0.5) is 0 Å². The molecule has 0 saturated carbocycles. The first-order chi connectivity index (χ1) is 33.7. The van der Waals surface area contributed by atoms with Crippen molar-refractivity contribution in [3.05, 3.63) is 48.6 Å². The van der Waals surface area contributed by atoms with Gasteiger partial charge >= 0.3 is 5.97 Å². The topological polar surface area (TPSA) is 175 Å². The number of aliphatic hydroxyl groups excluding tert-OH is 5. The van der Waals surface area contributed by atoms with Crippen molar-refractivity contribution >= 4 is 11.9 Å². The third-order valence-corrected chi connectivity index (χ3v) is 13.3. The van der Waals surface area contributed by atoms with Gasteiger partial charge in [-0.15, -0.1) is 0 Å². The molecule has 1 amide bonds. The van der Waals surface area contributed by atoms with Crippen molar-refractivity contribution in [1.29, 1.82) is 0 Å². The van der Waals surface area contributed by atoms with Crippen LogP contribution >= 0.6 is 0 Å². The van der Waals surface area contributed by atoms with Crippen molar-refractivity contribution in [2.24, 2.45) is 0 Å². The Morgan fingerprint density at radius 1 is 0.580 bits per heavy atom. The van der Waals surface area contributed by atoms with Gasteiger partial charge in [-0.1, -0.05) is 243 Å². The van der Waals surface area contributed by atoms with Crippen molar-refractivity contribution in [3.63, 3.8) is 0 Å². The number of aliphatic hydroxyl groups is 5. The molecule has 8 atom stereocenters.